The van der Waals surface area contributed by atoms with Gasteiger partial charge < -0.3 is 9.47 Å². The highest BCUT2D eigenvalue weighted by Gasteiger charge is 2.37. The van der Waals surface area contributed by atoms with Crippen LogP contribution in [0, 0.1) is 15.9 Å². The van der Waals surface area contributed by atoms with Crippen LogP contribution in [-0.2, 0) is 16.2 Å². The van der Waals surface area contributed by atoms with E-state index in [0.717, 1.165) is 12.1 Å². The monoisotopic (exact) mass is 539 g/mol. The van der Waals surface area contributed by atoms with Crippen LogP contribution in [0.4, 0.5) is 20.6 Å². The number of hydrogen-bond donors (Lipinski definition) is 1. The molecular weight excluding hydrogens is 521 g/mol. The lowest BCUT2D eigenvalue weighted by molar-refractivity contribution is -0.384. The molecule has 0 atom stereocenters. The maximum absolute atomic E-state index is 13.3. The van der Waals surface area contributed by atoms with Crippen molar-refractivity contribution in [3.05, 3.63) is 98.3 Å². The van der Waals surface area contributed by atoms with Gasteiger partial charge in [-0.25, -0.2) is 14.1 Å². The van der Waals surface area contributed by atoms with Gasteiger partial charge in [0.15, 0.2) is 11.5 Å². The molecule has 4 rings (SSSR count). The molecule has 1 aliphatic heterocycles. The standard InChI is InChI=1S/C26H19ClFN3O7/c1-2-37-22-13-16(12-21(27)23(22)38-14-15-4-3-5-19(10-15)31(35)36)11-20-24(32)29-26(34)30(25(20)33)18-8-6-17(28)7-9-18/h3-13H,2,14H2,1H3,(H,29,32,34)/b20-11+. The van der Waals surface area contributed by atoms with Gasteiger partial charge in [-0.1, -0.05) is 23.7 Å². The number of rotatable bonds is 8. The summed E-state index contributed by atoms with van der Waals surface area (Å²) in [6.07, 6.45) is 1.24. The Balaban J connectivity index is 1.64. The fourth-order valence-corrected chi connectivity index (χ4v) is 3.91. The molecule has 1 N–H and O–H groups in total. The van der Waals surface area contributed by atoms with Gasteiger partial charge in [-0.3, -0.25) is 25.0 Å². The summed E-state index contributed by atoms with van der Waals surface area (Å²) in [5.74, 6) is -2.03. The Kier molecular flexibility index (Phi) is 7.68. The molecule has 0 saturated carbocycles. The molecule has 12 heteroatoms. The molecule has 0 unspecified atom stereocenters. The van der Waals surface area contributed by atoms with E-state index < -0.39 is 28.6 Å². The third-order valence-electron chi connectivity index (χ3n) is 5.33. The number of non-ortho nitro benzene ring substituents is 1. The molecule has 0 spiro atoms. The summed E-state index contributed by atoms with van der Waals surface area (Å²) >= 11 is 6.44. The summed E-state index contributed by atoms with van der Waals surface area (Å²) in [7, 11) is 0. The lowest BCUT2D eigenvalue weighted by Gasteiger charge is -2.26. The van der Waals surface area contributed by atoms with E-state index in [1.54, 1.807) is 13.0 Å². The quantitative estimate of drug-likeness (QED) is 0.184. The first-order valence-electron chi connectivity index (χ1n) is 11.2. The largest absolute Gasteiger partial charge is 0.490 e. The molecule has 10 nitrogen and oxygen atoms in total. The van der Waals surface area contributed by atoms with Crippen molar-refractivity contribution in [2.24, 2.45) is 0 Å². The van der Waals surface area contributed by atoms with Crippen LogP contribution in [0.1, 0.15) is 18.1 Å². The summed E-state index contributed by atoms with van der Waals surface area (Å²) in [4.78, 5) is 49.2. The van der Waals surface area contributed by atoms with E-state index in [0.29, 0.717) is 16.0 Å². The van der Waals surface area contributed by atoms with Gasteiger partial charge >= 0.3 is 6.03 Å². The number of imide groups is 2. The number of ether oxygens (including phenoxy) is 2. The van der Waals surface area contributed by atoms with Crippen molar-refractivity contribution >= 4 is 46.9 Å². The van der Waals surface area contributed by atoms with Crippen LogP contribution in [0.2, 0.25) is 5.02 Å². The summed E-state index contributed by atoms with van der Waals surface area (Å²) < 4.78 is 24.8. The molecule has 1 heterocycles. The van der Waals surface area contributed by atoms with E-state index in [9.17, 15) is 28.9 Å². The Bertz CT molecular complexity index is 1470. The molecule has 194 valence electrons. The normalized spacial score (nSPS) is 14.4. The summed E-state index contributed by atoms with van der Waals surface area (Å²) in [6, 6.07) is 12.5. The minimum absolute atomic E-state index is 0.0441. The van der Waals surface area contributed by atoms with Crippen molar-refractivity contribution in [2.75, 3.05) is 11.5 Å². The van der Waals surface area contributed by atoms with E-state index in [4.69, 9.17) is 21.1 Å². The number of nitrogens with zero attached hydrogens (tertiary/aromatic N) is 2. The van der Waals surface area contributed by atoms with Crippen LogP contribution in [-0.4, -0.2) is 29.4 Å². The molecule has 3 aromatic rings. The van der Waals surface area contributed by atoms with Gasteiger partial charge in [0.1, 0.15) is 18.0 Å². The second kappa shape index (κ2) is 11.1. The van der Waals surface area contributed by atoms with E-state index >= 15 is 0 Å². The van der Waals surface area contributed by atoms with Crippen LogP contribution < -0.4 is 19.7 Å². The van der Waals surface area contributed by atoms with Crippen molar-refractivity contribution < 1.29 is 33.2 Å². The van der Waals surface area contributed by atoms with Crippen molar-refractivity contribution in [2.45, 2.75) is 13.5 Å². The molecule has 0 radical (unpaired) electrons. The van der Waals surface area contributed by atoms with E-state index in [2.05, 4.69) is 5.32 Å². The van der Waals surface area contributed by atoms with Crippen molar-refractivity contribution in [3.8, 4) is 11.5 Å². The second-order valence-corrected chi connectivity index (χ2v) is 8.32. The average molecular weight is 540 g/mol. The highest BCUT2D eigenvalue weighted by atomic mass is 35.5. The fourth-order valence-electron chi connectivity index (χ4n) is 3.64. The molecule has 1 saturated heterocycles. The Morgan fingerprint density at radius 2 is 1.82 bits per heavy atom. The lowest BCUT2D eigenvalue weighted by Crippen LogP contribution is -2.54. The van der Waals surface area contributed by atoms with Gasteiger partial charge in [0.2, 0.25) is 0 Å². The Morgan fingerprint density at radius 3 is 2.50 bits per heavy atom. The maximum atomic E-state index is 13.3. The van der Waals surface area contributed by atoms with Crippen LogP contribution in [0.15, 0.2) is 66.2 Å². The highest BCUT2D eigenvalue weighted by Crippen LogP contribution is 2.38. The van der Waals surface area contributed by atoms with E-state index in [1.165, 1.54) is 48.5 Å². The van der Waals surface area contributed by atoms with E-state index in [1.807, 2.05) is 0 Å². The van der Waals surface area contributed by atoms with Gasteiger partial charge in [-0.15, -0.1) is 0 Å². The third-order valence-corrected chi connectivity index (χ3v) is 5.61. The number of urea groups is 1. The zero-order valence-electron chi connectivity index (χ0n) is 19.8. The molecule has 38 heavy (non-hydrogen) atoms. The Hall–Kier alpha value is -4.77. The molecule has 4 amide bonds. The number of hydrogen-bond acceptors (Lipinski definition) is 7. The Morgan fingerprint density at radius 1 is 1.08 bits per heavy atom. The summed E-state index contributed by atoms with van der Waals surface area (Å²) in [6.45, 7) is 1.92. The first kappa shape index (κ1) is 26.3. The average Bonchev–Trinajstić information content (AvgIpc) is 2.87. The SMILES string of the molecule is CCOc1cc(/C=C2\C(=O)NC(=O)N(c3ccc(F)cc3)C2=O)cc(Cl)c1OCc1cccc([N+](=O)[O-])c1. The predicted octanol–water partition coefficient (Wildman–Crippen LogP) is 5.03. The number of nitro benzene ring substituents is 1. The molecule has 1 aliphatic rings. The third kappa shape index (κ3) is 5.62. The predicted molar refractivity (Wildman–Crippen MR) is 135 cm³/mol. The minimum atomic E-state index is -0.971. The van der Waals surface area contributed by atoms with Gasteiger partial charge in [0.25, 0.3) is 17.5 Å². The number of anilines is 1. The van der Waals surface area contributed by atoms with Crippen LogP contribution in [0.5, 0.6) is 11.5 Å². The topological polar surface area (TPSA) is 128 Å². The number of benzene rings is 3. The smallest absolute Gasteiger partial charge is 0.335 e. The molecule has 0 bridgehead atoms. The van der Waals surface area contributed by atoms with Gasteiger partial charge in [-0.05, 0) is 60.5 Å². The molecule has 0 aromatic heterocycles. The van der Waals surface area contributed by atoms with Crippen LogP contribution in [0.25, 0.3) is 6.08 Å². The zero-order valence-corrected chi connectivity index (χ0v) is 20.5. The molecule has 0 aliphatic carbocycles. The summed E-state index contributed by atoms with van der Waals surface area (Å²) in [5.41, 5.74) is 0.447. The number of barbiturate groups is 1. The second-order valence-electron chi connectivity index (χ2n) is 7.91. The zero-order chi connectivity index (χ0) is 27.4. The molecular formula is C26H19ClFN3O7. The number of carbonyl (C=O) groups excluding carboxylic acids is 3. The van der Waals surface area contributed by atoms with Crippen molar-refractivity contribution in [3.63, 3.8) is 0 Å². The van der Waals surface area contributed by atoms with Crippen molar-refractivity contribution in [1.29, 1.82) is 0 Å². The number of carbonyl (C=O) groups is 3. The summed E-state index contributed by atoms with van der Waals surface area (Å²) in [5, 5.41) is 13.2. The van der Waals surface area contributed by atoms with Crippen molar-refractivity contribution in [1.82, 2.24) is 5.32 Å². The van der Waals surface area contributed by atoms with Gasteiger partial charge in [0, 0.05) is 12.1 Å². The highest BCUT2D eigenvalue weighted by molar-refractivity contribution is 6.39. The number of halogens is 2. The van der Waals surface area contributed by atoms with E-state index in [-0.39, 0.29) is 46.7 Å². The Labute approximate surface area is 220 Å². The number of amides is 4. The number of nitrogens with one attached hydrogen (secondary N) is 1. The number of nitro groups is 1. The van der Waals surface area contributed by atoms with Gasteiger partial charge in [0.05, 0.1) is 22.2 Å². The van der Waals surface area contributed by atoms with Crippen LogP contribution >= 0.6 is 11.6 Å². The maximum Gasteiger partial charge on any atom is 0.335 e. The van der Waals surface area contributed by atoms with Gasteiger partial charge in [-0.2, -0.15) is 0 Å². The fraction of sp³-hybridized carbons (Fsp3) is 0.115. The lowest BCUT2D eigenvalue weighted by atomic mass is 10.1. The minimum Gasteiger partial charge on any atom is -0.490 e. The first-order valence-corrected chi connectivity index (χ1v) is 11.5. The van der Waals surface area contributed by atoms with Crippen LogP contribution in [0.3, 0.4) is 0 Å². The molecule has 3 aromatic carbocycles. The first-order chi connectivity index (χ1) is 18.2. The molecule has 1 fully saturated rings.